The Morgan fingerprint density at radius 3 is 2.37 bits per heavy atom. The van der Waals surface area contributed by atoms with Crippen LogP contribution in [0.2, 0.25) is 0 Å². The summed E-state index contributed by atoms with van der Waals surface area (Å²) < 4.78 is 4.66. The Balaban J connectivity index is 1.59. The second kappa shape index (κ2) is 13.0. The van der Waals surface area contributed by atoms with Crippen LogP contribution in [0.1, 0.15) is 38.3 Å². The smallest absolute Gasteiger partial charge is 0.311 e. The van der Waals surface area contributed by atoms with Crippen molar-refractivity contribution in [3.8, 4) is 0 Å². The number of nitrogens with zero attached hydrogens (tertiary/aromatic N) is 3. The number of ether oxygens (including phenoxy) is 1. The van der Waals surface area contributed by atoms with Crippen molar-refractivity contribution in [3.05, 3.63) is 85.5 Å². The van der Waals surface area contributed by atoms with Gasteiger partial charge in [-0.2, -0.15) is 0 Å². The summed E-state index contributed by atoms with van der Waals surface area (Å²) in [5, 5.41) is 10.6. The highest BCUT2D eigenvalue weighted by Crippen LogP contribution is 2.67. The minimum absolute atomic E-state index is 0.0621. The molecule has 9 heteroatoms. The van der Waals surface area contributed by atoms with Gasteiger partial charge in [-0.05, 0) is 56.5 Å². The quantitative estimate of drug-likeness (QED) is 0.264. The van der Waals surface area contributed by atoms with Crippen molar-refractivity contribution in [2.45, 2.75) is 48.8 Å². The van der Waals surface area contributed by atoms with Crippen molar-refractivity contribution >= 4 is 40.9 Å². The van der Waals surface area contributed by atoms with Crippen LogP contribution in [0.15, 0.2) is 79.9 Å². The Labute approximate surface area is 258 Å². The average molecular weight is 604 g/mol. The van der Waals surface area contributed by atoms with Crippen molar-refractivity contribution in [3.63, 3.8) is 0 Å². The highest BCUT2D eigenvalue weighted by molar-refractivity contribution is 8.02. The van der Waals surface area contributed by atoms with Crippen LogP contribution in [0, 0.1) is 11.8 Å². The van der Waals surface area contributed by atoms with Gasteiger partial charge in [0.1, 0.15) is 12.6 Å². The molecular formula is C34H41N3O5S. The first kappa shape index (κ1) is 30.9. The predicted octanol–water partition coefficient (Wildman–Crippen LogP) is 4.61. The van der Waals surface area contributed by atoms with Gasteiger partial charge in [0.25, 0.3) is 5.91 Å². The van der Waals surface area contributed by atoms with Gasteiger partial charge >= 0.3 is 5.97 Å². The van der Waals surface area contributed by atoms with Crippen molar-refractivity contribution in [1.29, 1.82) is 0 Å². The van der Waals surface area contributed by atoms with Gasteiger partial charge in [-0.3, -0.25) is 14.4 Å². The van der Waals surface area contributed by atoms with Gasteiger partial charge in [-0.15, -0.1) is 18.3 Å². The molecule has 2 aromatic carbocycles. The zero-order valence-electron chi connectivity index (χ0n) is 24.9. The number of anilines is 2. The number of hydrogen-bond donors (Lipinski definition) is 1. The van der Waals surface area contributed by atoms with E-state index in [0.717, 1.165) is 24.3 Å². The molecule has 0 radical (unpaired) electrons. The van der Waals surface area contributed by atoms with Gasteiger partial charge in [0.05, 0.1) is 29.2 Å². The van der Waals surface area contributed by atoms with Gasteiger partial charge in [-0.25, -0.2) is 0 Å². The summed E-state index contributed by atoms with van der Waals surface area (Å²) in [5.74, 6) is -2.35. The molecular weight excluding hydrogens is 562 g/mol. The van der Waals surface area contributed by atoms with E-state index in [0.29, 0.717) is 18.5 Å². The summed E-state index contributed by atoms with van der Waals surface area (Å²) in [6.45, 7) is 13.5. The standard InChI is InChI=1S/C34H41N3O5S/c1-5-20-36(25-16-14-24(15-17-25)35(7-3)8-4)32(40)30-34-19-18-27(43-34)28(33(41)42-21-6-2)29(34)31(39)37(30)26(22-38)23-12-10-9-11-13-23/h5-6,9-17,26-30,38H,1-2,7-8,18-22H2,3-4H3/t26-,27+,28-,29+,30?,34?/m1/s1. The van der Waals surface area contributed by atoms with E-state index in [1.54, 1.807) is 27.6 Å². The first-order chi connectivity index (χ1) is 20.9. The SMILES string of the molecule is C=CCOC(=O)[C@@H]1[C@@H]2CCC3(S2)C(C(=O)N(CC=C)c2ccc(N(CC)CC)cc2)N([C@H](CO)c2ccccc2)C(=O)[C@H]13. The molecule has 2 unspecified atom stereocenters. The van der Waals surface area contributed by atoms with Gasteiger partial charge < -0.3 is 24.5 Å². The van der Waals surface area contributed by atoms with Gasteiger partial charge in [0, 0.05) is 36.3 Å². The molecule has 3 heterocycles. The Hall–Kier alpha value is -3.56. The van der Waals surface area contributed by atoms with Crippen LogP contribution >= 0.6 is 11.8 Å². The normalized spacial score (nSPS) is 26.1. The molecule has 2 amide bonds. The third kappa shape index (κ3) is 5.27. The summed E-state index contributed by atoms with van der Waals surface area (Å²) in [4.78, 5) is 48.3. The van der Waals surface area contributed by atoms with Gasteiger partial charge in [0.15, 0.2) is 0 Å². The fourth-order valence-corrected chi connectivity index (χ4v) is 9.46. The van der Waals surface area contributed by atoms with Crippen molar-refractivity contribution < 1.29 is 24.2 Å². The molecule has 2 bridgehead atoms. The van der Waals surface area contributed by atoms with Crippen LogP contribution in [-0.2, 0) is 19.1 Å². The molecule has 1 N–H and O–H groups in total. The number of aliphatic hydroxyl groups excluding tert-OH is 1. The lowest BCUT2D eigenvalue weighted by atomic mass is 9.71. The van der Waals surface area contributed by atoms with E-state index in [1.807, 2.05) is 54.6 Å². The van der Waals surface area contributed by atoms with E-state index in [-0.39, 0.29) is 36.8 Å². The monoisotopic (exact) mass is 603 g/mol. The maximum atomic E-state index is 14.9. The Kier molecular flexibility index (Phi) is 9.32. The topological polar surface area (TPSA) is 90.4 Å². The first-order valence-corrected chi connectivity index (χ1v) is 15.9. The van der Waals surface area contributed by atoms with Crippen LogP contribution in [0.4, 0.5) is 11.4 Å². The van der Waals surface area contributed by atoms with E-state index in [9.17, 15) is 19.5 Å². The number of carbonyl (C=O) groups excluding carboxylic acids is 3. The lowest BCUT2D eigenvalue weighted by Gasteiger charge is -2.39. The lowest BCUT2D eigenvalue weighted by molar-refractivity contribution is -0.153. The largest absolute Gasteiger partial charge is 0.461 e. The number of amides is 2. The third-order valence-corrected chi connectivity index (χ3v) is 11.1. The van der Waals surface area contributed by atoms with Crippen molar-refractivity contribution in [2.75, 3.05) is 42.6 Å². The minimum atomic E-state index is -0.892. The molecule has 1 spiro atoms. The van der Waals surface area contributed by atoms with Gasteiger partial charge in [0.2, 0.25) is 5.91 Å². The second-order valence-corrected chi connectivity index (χ2v) is 12.9. The Bertz CT molecular complexity index is 1350. The number of aliphatic hydroxyl groups is 1. The van der Waals surface area contributed by atoms with E-state index in [1.165, 1.54) is 6.08 Å². The molecule has 6 atom stereocenters. The molecule has 3 aliphatic heterocycles. The number of fused-ring (bicyclic) bond motifs is 1. The number of thioether (sulfide) groups is 1. The number of rotatable bonds is 13. The molecule has 8 nitrogen and oxygen atoms in total. The van der Waals surface area contributed by atoms with Crippen molar-refractivity contribution in [2.24, 2.45) is 11.8 Å². The van der Waals surface area contributed by atoms with E-state index in [4.69, 9.17) is 4.74 Å². The van der Waals surface area contributed by atoms with Crippen LogP contribution in [0.5, 0.6) is 0 Å². The number of esters is 1. The maximum Gasteiger partial charge on any atom is 0.311 e. The molecule has 5 rings (SSSR count). The molecule has 0 aliphatic carbocycles. The third-order valence-electron chi connectivity index (χ3n) is 9.15. The molecule has 0 aromatic heterocycles. The highest BCUT2D eigenvalue weighted by atomic mass is 32.2. The number of carbonyl (C=O) groups is 3. The summed E-state index contributed by atoms with van der Waals surface area (Å²) in [7, 11) is 0. The van der Waals surface area contributed by atoms with E-state index in [2.05, 4.69) is 31.9 Å². The summed E-state index contributed by atoms with van der Waals surface area (Å²) >= 11 is 1.58. The first-order valence-electron chi connectivity index (χ1n) is 15.1. The van der Waals surface area contributed by atoms with E-state index >= 15 is 0 Å². The number of hydrogen-bond acceptors (Lipinski definition) is 7. The van der Waals surface area contributed by atoms with E-state index < -0.39 is 34.6 Å². The number of benzene rings is 2. The summed E-state index contributed by atoms with van der Waals surface area (Å²) in [6.07, 6.45) is 4.52. The summed E-state index contributed by atoms with van der Waals surface area (Å²) in [5.41, 5.74) is 2.50. The van der Waals surface area contributed by atoms with Crippen LogP contribution in [-0.4, -0.2) is 76.7 Å². The fourth-order valence-electron chi connectivity index (χ4n) is 7.27. The average Bonchev–Trinajstić information content (AvgIpc) is 3.68. The Morgan fingerprint density at radius 2 is 1.77 bits per heavy atom. The molecule has 3 aliphatic rings. The zero-order chi connectivity index (χ0) is 30.7. The molecule has 3 fully saturated rings. The molecule has 3 saturated heterocycles. The number of likely N-dealkylation sites (tertiary alicyclic amines) is 1. The Morgan fingerprint density at radius 1 is 1.09 bits per heavy atom. The predicted molar refractivity (Wildman–Crippen MR) is 171 cm³/mol. The van der Waals surface area contributed by atoms with Gasteiger partial charge in [-0.1, -0.05) is 49.1 Å². The highest BCUT2D eigenvalue weighted by Gasteiger charge is 2.75. The van der Waals surface area contributed by atoms with Crippen LogP contribution in [0.25, 0.3) is 0 Å². The molecule has 2 aromatic rings. The fraction of sp³-hybridized carbons (Fsp3) is 0.441. The summed E-state index contributed by atoms with van der Waals surface area (Å²) in [6, 6.07) is 15.5. The second-order valence-electron chi connectivity index (χ2n) is 11.3. The molecule has 228 valence electrons. The minimum Gasteiger partial charge on any atom is -0.461 e. The molecule has 43 heavy (non-hydrogen) atoms. The van der Waals surface area contributed by atoms with Crippen LogP contribution < -0.4 is 9.80 Å². The lowest BCUT2D eigenvalue weighted by Crippen LogP contribution is -2.56. The van der Waals surface area contributed by atoms with Crippen LogP contribution in [0.3, 0.4) is 0 Å². The molecule has 0 saturated carbocycles. The zero-order valence-corrected chi connectivity index (χ0v) is 25.7. The maximum absolute atomic E-state index is 14.9. The van der Waals surface area contributed by atoms with Crippen molar-refractivity contribution in [1.82, 2.24) is 4.90 Å².